The lowest BCUT2D eigenvalue weighted by Crippen LogP contribution is -2.22. The predicted molar refractivity (Wildman–Crippen MR) is 72.0 cm³/mol. The molecule has 1 aliphatic carbocycles. The summed E-state index contributed by atoms with van der Waals surface area (Å²) in [6, 6.07) is 9.22. The number of nitrogens with zero attached hydrogens (tertiary/aromatic N) is 1. The molecule has 1 aliphatic heterocycles. The first-order valence-electron chi connectivity index (χ1n) is 6.84. The Morgan fingerprint density at radius 3 is 2.18 bits per heavy atom. The van der Waals surface area contributed by atoms with Gasteiger partial charge in [0.2, 0.25) is 0 Å². The SMILES string of the molecule is CC(C)(C)c1ccc(CN2CC3CC3C2)cc1. The highest BCUT2D eigenvalue weighted by Crippen LogP contribution is 2.45. The van der Waals surface area contributed by atoms with Crippen LogP contribution in [-0.2, 0) is 12.0 Å². The van der Waals surface area contributed by atoms with E-state index in [1.165, 1.54) is 30.6 Å². The molecule has 2 aliphatic rings. The Bertz CT molecular complexity index is 389. The number of likely N-dealkylation sites (tertiary alicyclic amines) is 1. The monoisotopic (exact) mass is 229 g/mol. The van der Waals surface area contributed by atoms with Crippen LogP contribution >= 0.6 is 0 Å². The lowest BCUT2D eigenvalue weighted by Gasteiger charge is -2.21. The van der Waals surface area contributed by atoms with Crippen LogP contribution in [-0.4, -0.2) is 18.0 Å². The minimum Gasteiger partial charge on any atom is -0.299 e. The maximum atomic E-state index is 2.62. The molecule has 0 bridgehead atoms. The number of piperidine rings is 1. The Balaban J connectivity index is 1.64. The molecule has 1 aromatic rings. The molecule has 17 heavy (non-hydrogen) atoms. The number of fused-ring (bicyclic) bond motifs is 1. The van der Waals surface area contributed by atoms with Crippen molar-refractivity contribution >= 4 is 0 Å². The topological polar surface area (TPSA) is 3.24 Å². The summed E-state index contributed by atoms with van der Waals surface area (Å²) < 4.78 is 0. The summed E-state index contributed by atoms with van der Waals surface area (Å²) in [6.45, 7) is 10.6. The van der Waals surface area contributed by atoms with E-state index in [4.69, 9.17) is 0 Å². The zero-order valence-corrected chi connectivity index (χ0v) is 11.2. The summed E-state index contributed by atoms with van der Waals surface area (Å²) >= 11 is 0. The number of rotatable bonds is 2. The highest BCUT2D eigenvalue weighted by atomic mass is 15.2. The predicted octanol–water partition coefficient (Wildman–Crippen LogP) is 3.44. The van der Waals surface area contributed by atoms with Crippen LogP contribution < -0.4 is 0 Å². The Labute approximate surface area is 105 Å². The molecule has 3 rings (SSSR count). The van der Waals surface area contributed by atoms with Gasteiger partial charge in [0.1, 0.15) is 0 Å². The summed E-state index contributed by atoms with van der Waals surface area (Å²) in [6.07, 6.45) is 1.50. The van der Waals surface area contributed by atoms with Gasteiger partial charge in [0.15, 0.2) is 0 Å². The third-order valence-corrected chi connectivity index (χ3v) is 4.28. The third kappa shape index (κ3) is 2.40. The summed E-state index contributed by atoms with van der Waals surface area (Å²) in [5.41, 5.74) is 3.18. The van der Waals surface area contributed by atoms with Gasteiger partial charge in [-0.15, -0.1) is 0 Å². The second-order valence-electron chi connectivity index (χ2n) is 6.90. The van der Waals surface area contributed by atoms with Crippen LogP contribution in [0.2, 0.25) is 0 Å². The first-order chi connectivity index (χ1) is 8.02. The van der Waals surface area contributed by atoms with Gasteiger partial charge in [-0.1, -0.05) is 45.0 Å². The summed E-state index contributed by atoms with van der Waals surface area (Å²) in [4.78, 5) is 2.62. The van der Waals surface area contributed by atoms with Gasteiger partial charge >= 0.3 is 0 Å². The molecule has 1 saturated carbocycles. The van der Waals surface area contributed by atoms with Crippen LogP contribution in [0.15, 0.2) is 24.3 Å². The first kappa shape index (κ1) is 11.3. The van der Waals surface area contributed by atoms with Gasteiger partial charge in [0.25, 0.3) is 0 Å². The fraction of sp³-hybridized carbons (Fsp3) is 0.625. The van der Waals surface area contributed by atoms with Gasteiger partial charge in [-0.25, -0.2) is 0 Å². The van der Waals surface area contributed by atoms with Gasteiger partial charge in [0, 0.05) is 19.6 Å². The average molecular weight is 229 g/mol. The molecule has 0 radical (unpaired) electrons. The number of hydrogen-bond acceptors (Lipinski definition) is 1. The molecule has 1 heteroatoms. The second kappa shape index (κ2) is 3.84. The summed E-state index contributed by atoms with van der Waals surface area (Å²) in [5.74, 6) is 2.09. The van der Waals surface area contributed by atoms with Crippen LogP contribution in [0.4, 0.5) is 0 Å². The molecule has 0 N–H and O–H groups in total. The van der Waals surface area contributed by atoms with Crippen molar-refractivity contribution in [3.8, 4) is 0 Å². The van der Waals surface area contributed by atoms with Crippen molar-refractivity contribution in [1.29, 1.82) is 0 Å². The largest absolute Gasteiger partial charge is 0.299 e. The van der Waals surface area contributed by atoms with E-state index in [-0.39, 0.29) is 5.41 Å². The van der Waals surface area contributed by atoms with E-state index in [0.29, 0.717) is 0 Å². The molecule has 1 saturated heterocycles. The normalized spacial score (nSPS) is 28.2. The van der Waals surface area contributed by atoms with Gasteiger partial charge in [-0.2, -0.15) is 0 Å². The zero-order chi connectivity index (χ0) is 12.0. The molecule has 0 spiro atoms. The Morgan fingerprint density at radius 1 is 1.06 bits per heavy atom. The zero-order valence-electron chi connectivity index (χ0n) is 11.2. The average Bonchev–Trinajstić information content (AvgIpc) is 2.86. The van der Waals surface area contributed by atoms with Crippen molar-refractivity contribution in [2.24, 2.45) is 11.8 Å². The summed E-state index contributed by atoms with van der Waals surface area (Å²) in [7, 11) is 0. The second-order valence-corrected chi connectivity index (χ2v) is 6.90. The molecule has 2 fully saturated rings. The fourth-order valence-electron chi connectivity index (χ4n) is 2.99. The third-order valence-electron chi connectivity index (χ3n) is 4.28. The van der Waals surface area contributed by atoms with E-state index in [1.807, 2.05) is 0 Å². The van der Waals surface area contributed by atoms with Gasteiger partial charge in [-0.05, 0) is 34.8 Å². The molecule has 1 nitrogen and oxygen atoms in total. The highest BCUT2D eigenvalue weighted by molar-refractivity contribution is 5.27. The molecule has 1 heterocycles. The van der Waals surface area contributed by atoms with E-state index >= 15 is 0 Å². The van der Waals surface area contributed by atoms with Crippen LogP contribution in [0.1, 0.15) is 38.3 Å². The number of benzene rings is 1. The van der Waals surface area contributed by atoms with E-state index in [2.05, 4.69) is 49.9 Å². The van der Waals surface area contributed by atoms with Crippen LogP contribution in [0, 0.1) is 11.8 Å². The van der Waals surface area contributed by atoms with Crippen LogP contribution in [0.25, 0.3) is 0 Å². The first-order valence-corrected chi connectivity index (χ1v) is 6.84. The van der Waals surface area contributed by atoms with E-state index in [9.17, 15) is 0 Å². The Hall–Kier alpha value is -0.820. The molecule has 2 atom stereocenters. The lowest BCUT2D eigenvalue weighted by atomic mass is 9.87. The van der Waals surface area contributed by atoms with Crippen molar-refractivity contribution in [3.05, 3.63) is 35.4 Å². The standard InChI is InChI=1S/C16H23N/c1-16(2,3)15-6-4-12(5-7-15)9-17-10-13-8-14(13)11-17/h4-7,13-14H,8-11H2,1-3H3. The van der Waals surface area contributed by atoms with Gasteiger partial charge in [0.05, 0.1) is 0 Å². The fourth-order valence-corrected chi connectivity index (χ4v) is 2.99. The van der Waals surface area contributed by atoms with Gasteiger partial charge in [-0.3, -0.25) is 4.90 Å². The molecule has 0 aromatic heterocycles. The van der Waals surface area contributed by atoms with Crippen molar-refractivity contribution in [1.82, 2.24) is 4.90 Å². The highest BCUT2D eigenvalue weighted by Gasteiger charge is 2.44. The van der Waals surface area contributed by atoms with Gasteiger partial charge < -0.3 is 0 Å². The minimum atomic E-state index is 0.272. The lowest BCUT2D eigenvalue weighted by molar-refractivity contribution is 0.297. The molecule has 2 unspecified atom stereocenters. The van der Waals surface area contributed by atoms with Crippen LogP contribution in [0.3, 0.4) is 0 Å². The molecule has 1 aromatic carbocycles. The Kier molecular flexibility index (Phi) is 2.55. The maximum absolute atomic E-state index is 2.62. The smallest absolute Gasteiger partial charge is 0.0233 e. The summed E-state index contributed by atoms with van der Waals surface area (Å²) in [5, 5.41) is 0. The van der Waals surface area contributed by atoms with Crippen molar-refractivity contribution < 1.29 is 0 Å². The molecular weight excluding hydrogens is 206 g/mol. The minimum absolute atomic E-state index is 0.272. The van der Waals surface area contributed by atoms with Crippen molar-refractivity contribution in [3.63, 3.8) is 0 Å². The van der Waals surface area contributed by atoms with E-state index in [0.717, 1.165) is 18.4 Å². The van der Waals surface area contributed by atoms with E-state index < -0.39 is 0 Å². The Morgan fingerprint density at radius 2 is 1.65 bits per heavy atom. The van der Waals surface area contributed by atoms with Crippen LogP contribution in [0.5, 0.6) is 0 Å². The quantitative estimate of drug-likeness (QED) is 0.751. The molecular formula is C16H23N. The molecule has 0 amide bonds. The van der Waals surface area contributed by atoms with Crippen molar-refractivity contribution in [2.45, 2.75) is 39.2 Å². The van der Waals surface area contributed by atoms with Crippen molar-refractivity contribution in [2.75, 3.05) is 13.1 Å². The van der Waals surface area contributed by atoms with E-state index in [1.54, 1.807) is 0 Å². The maximum Gasteiger partial charge on any atom is 0.0233 e. The number of hydrogen-bond donors (Lipinski definition) is 0. The molecule has 92 valence electrons.